The third kappa shape index (κ3) is 1.49. The van der Waals surface area contributed by atoms with Crippen molar-refractivity contribution in [2.24, 2.45) is 10.9 Å². The Balaban J connectivity index is 1.84. The van der Waals surface area contributed by atoms with Crippen LogP contribution in [0.2, 0.25) is 0 Å². The second kappa shape index (κ2) is 3.89. The fraction of sp³-hybridized carbons (Fsp3) is 0.533. The first kappa shape index (κ1) is 11.1. The number of amidine groups is 1. The highest BCUT2D eigenvalue weighted by atomic mass is 16.5. The van der Waals surface area contributed by atoms with Crippen LogP contribution in [0.15, 0.2) is 17.1 Å². The van der Waals surface area contributed by atoms with Gasteiger partial charge >= 0.3 is 0 Å². The van der Waals surface area contributed by atoms with Gasteiger partial charge in [0.25, 0.3) is 0 Å². The van der Waals surface area contributed by atoms with Crippen molar-refractivity contribution in [3.05, 3.63) is 17.7 Å². The molecule has 0 amide bonds. The van der Waals surface area contributed by atoms with Crippen LogP contribution in [0.4, 0.5) is 5.69 Å². The molecule has 4 heteroatoms. The van der Waals surface area contributed by atoms with Gasteiger partial charge in [-0.3, -0.25) is 0 Å². The SMILES string of the molecule is COc1cc2c(c(OC)c1)CN1C(=N2)C2CCC1C2. The van der Waals surface area contributed by atoms with E-state index in [2.05, 4.69) is 4.90 Å². The lowest BCUT2D eigenvalue weighted by Gasteiger charge is -2.34. The van der Waals surface area contributed by atoms with E-state index < -0.39 is 0 Å². The number of piperidine rings is 1. The van der Waals surface area contributed by atoms with Gasteiger partial charge in [-0.1, -0.05) is 0 Å². The third-order valence-electron chi connectivity index (χ3n) is 4.68. The maximum absolute atomic E-state index is 5.51. The highest BCUT2D eigenvalue weighted by Crippen LogP contribution is 2.46. The van der Waals surface area contributed by atoms with Crippen LogP contribution in [0.1, 0.15) is 24.8 Å². The summed E-state index contributed by atoms with van der Waals surface area (Å²) in [6.07, 6.45) is 3.90. The van der Waals surface area contributed by atoms with Crippen LogP contribution in [-0.2, 0) is 6.54 Å². The Morgan fingerprint density at radius 3 is 2.89 bits per heavy atom. The summed E-state index contributed by atoms with van der Waals surface area (Å²) < 4.78 is 10.8. The van der Waals surface area contributed by atoms with Gasteiger partial charge in [0.2, 0.25) is 0 Å². The van der Waals surface area contributed by atoms with Crippen molar-refractivity contribution < 1.29 is 9.47 Å². The van der Waals surface area contributed by atoms with E-state index in [1.807, 2.05) is 12.1 Å². The monoisotopic (exact) mass is 258 g/mol. The van der Waals surface area contributed by atoms with Crippen LogP contribution >= 0.6 is 0 Å². The molecule has 2 unspecified atom stereocenters. The molecule has 1 saturated heterocycles. The Kier molecular flexibility index (Phi) is 2.28. The number of nitrogens with zero attached hydrogens (tertiary/aromatic N) is 2. The highest BCUT2D eigenvalue weighted by Gasteiger charge is 2.44. The Morgan fingerprint density at radius 1 is 1.21 bits per heavy atom. The molecule has 4 nitrogen and oxygen atoms in total. The second-order valence-electron chi connectivity index (χ2n) is 5.59. The van der Waals surface area contributed by atoms with Gasteiger partial charge in [0.15, 0.2) is 0 Å². The predicted molar refractivity (Wildman–Crippen MR) is 73.3 cm³/mol. The van der Waals surface area contributed by atoms with Crippen molar-refractivity contribution >= 4 is 11.5 Å². The first-order valence-corrected chi connectivity index (χ1v) is 6.90. The van der Waals surface area contributed by atoms with E-state index in [1.54, 1.807) is 14.2 Å². The zero-order chi connectivity index (χ0) is 13.0. The van der Waals surface area contributed by atoms with E-state index in [1.165, 1.54) is 30.7 Å². The van der Waals surface area contributed by atoms with Gasteiger partial charge in [0.05, 0.1) is 26.5 Å². The van der Waals surface area contributed by atoms with Crippen LogP contribution in [0, 0.1) is 5.92 Å². The fourth-order valence-electron chi connectivity index (χ4n) is 3.72. The lowest BCUT2D eigenvalue weighted by atomic mass is 10.0. The molecule has 0 radical (unpaired) electrons. The van der Waals surface area contributed by atoms with E-state index in [0.29, 0.717) is 12.0 Å². The molecule has 1 aliphatic carbocycles. The van der Waals surface area contributed by atoms with Crippen LogP contribution in [0.5, 0.6) is 11.5 Å². The second-order valence-corrected chi connectivity index (χ2v) is 5.59. The summed E-state index contributed by atoms with van der Waals surface area (Å²) in [7, 11) is 3.39. The molecule has 2 fully saturated rings. The molecule has 4 rings (SSSR count). The normalized spacial score (nSPS) is 26.8. The molecule has 1 aromatic rings. The van der Waals surface area contributed by atoms with Gasteiger partial charge in [-0.15, -0.1) is 0 Å². The minimum atomic E-state index is 0.676. The molecule has 2 bridgehead atoms. The Hall–Kier alpha value is -1.71. The zero-order valence-corrected chi connectivity index (χ0v) is 11.3. The van der Waals surface area contributed by atoms with Gasteiger partial charge in [-0.2, -0.15) is 0 Å². The molecular formula is C15H18N2O2. The lowest BCUT2D eigenvalue weighted by molar-refractivity contribution is 0.308. The molecule has 19 heavy (non-hydrogen) atoms. The van der Waals surface area contributed by atoms with Crippen molar-refractivity contribution in [1.29, 1.82) is 0 Å². The Bertz CT molecular complexity index is 568. The molecule has 2 heterocycles. The summed E-state index contributed by atoms with van der Waals surface area (Å²) in [5.74, 6) is 3.67. The number of methoxy groups -OCH3 is 2. The average Bonchev–Trinajstić information content (AvgIpc) is 3.05. The molecule has 100 valence electrons. The first-order chi connectivity index (χ1) is 9.30. The fourth-order valence-corrected chi connectivity index (χ4v) is 3.72. The van der Waals surface area contributed by atoms with Crippen molar-refractivity contribution in [3.63, 3.8) is 0 Å². The van der Waals surface area contributed by atoms with Crippen molar-refractivity contribution in [2.75, 3.05) is 14.2 Å². The summed E-state index contributed by atoms with van der Waals surface area (Å²) in [4.78, 5) is 7.37. The molecule has 1 aromatic carbocycles. The van der Waals surface area contributed by atoms with E-state index >= 15 is 0 Å². The summed E-state index contributed by atoms with van der Waals surface area (Å²) in [5, 5.41) is 0. The zero-order valence-electron chi connectivity index (χ0n) is 11.3. The number of ether oxygens (including phenoxy) is 2. The number of aliphatic imine (C=N–C) groups is 1. The maximum atomic E-state index is 5.51. The number of fused-ring (bicyclic) bond motifs is 6. The molecule has 2 atom stereocenters. The molecule has 0 spiro atoms. The summed E-state index contributed by atoms with van der Waals surface area (Å²) in [5.41, 5.74) is 2.22. The van der Waals surface area contributed by atoms with Crippen LogP contribution in [-0.4, -0.2) is 31.0 Å². The first-order valence-electron chi connectivity index (χ1n) is 6.90. The van der Waals surface area contributed by atoms with Gasteiger partial charge in [-0.25, -0.2) is 4.99 Å². The van der Waals surface area contributed by atoms with E-state index in [9.17, 15) is 0 Å². The Labute approximate surface area is 113 Å². The predicted octanol–water partition coefficient (Wildman–Crippen LogP) is 2.73. The maximum Gasteiger partial charge on any atom is 0.129 e. The summed E-state index contributed by atoms with van der Waals surface area (Å²) >= 11 is 0. The van der Waals surface area contributed by atoms with Gasteiger partial charge in [0.1, 0.15) is 17.3 Å². The molecule has 0 aromatic heterocycles. The average molecular weight is 258 g/mol. The molecule has 0 N–H and O–H groups in total. The van der Waals surface area contributed by atoms with Crippen molar-refractivity contribution in [1.82, 2.24) is 4.90 Å². The third-order valence-corrected chi connectivity index (χ3v) is 4.68. The molecule has 3 aliphatic rings. The smallest absolute Gasteiger partial charge is 0.129 e. The molecule has 1 saturated carbocycles. The lowest BCUT2D eigenvalue weighted by Crippen LogP contribution is -2.38. The van der Waals surface area contributed by atoms with Crippen molar-refractivity contribution in [2.45, 2.75) is 31.8 Å². The van der Waals surface area contributed by atoms with Gasteiger partial charge in [-0.05, 0) is 19.3 Å². The summed E-state index contributed by atoms with van der Waals surface area (Å²) in [6, 6.07) is 4.67. The standard InChI is InChI=1S/C15H18N2O2/c1-18-11-6-13-12(14(7-11)19-2)8-17-10-4-3-9(5-10)15(17)16-13/h6-7,9-10H,3-5,8H2,1-2H3. The minimum Gasteiger partial charge on any atom is -0.497 e. The largest absolute Gasteiger partial charge is 0.497 e. The number of rotatable bonds is 2. The summed E-state index contributed by atoms with van der Waals surface area (Å²) in [6.45, 7) is 0.933. The number of benzene rings is 1. The molecule has 2 aliphatic heterocycles. The highest BCUT2D eigenvalue weighted by molar-refractivity contribution is 5.92. The van der Waals surface area contributed by atoms with Crippen LogP contribution in [0.25, 0.3) is 0 Å². The van der Waals surface area contributed by atoms with E-state index in [0.717, 1.165) is 23.7 Å². The van der Waals surface area contributed by atoms with E-state index in [4.69, 9.17) is 14.5 Å². The van der Waals surface area contributed by atoms with E-state index in [-0.39, 0.29) is 0 Å². The topological polar surface area (TPSA) is 34.1 Å². The van der Waals surface area contributed by atoms with Gasteiger partial charge in [0, 0.05) is 29.7 Å². The Morgan fingerprint density at radius 2 is 2.11 bits per heavy atom. The molecular weight excluding hydrogens is 240 g/mol. The van der Waals surface area contributed by atoms with Crippen LogP contribution in [0.3, 0.4) is 0 Å². The minimum absolute atomic E-state index is 0.676. The quantitative estimate of drug-likeness (QED) is 0.818. The number of hydrogen-bond donors (Lipinski definition) is 0. The van der Waals surface area contributed by atoms with Crippen molar-refractivity contribution in [3.8, 4) is 11.5 Å². The number of hydrogen-bond acceptors (Lipinski definition) is 4. The van der Waals surface area contributed by atoms with Crippen LogP contribution < -0.4 is 9.47 Å². The van der Waals surface area contributed by atoms with Gasteiger partial charge < -0.3 is 14.4 Å².